The molecule has 1 N–H and O–H groups in total. The van der Waals surface area contributed by atoms with Crippen LogP contribution in [0.4, 0.5) is 4.53 Å². The highest BCUT2D eigenvalue weighted by atomic mass is 31.2. The zero-order valence-electron chi connectivity index (χ0n) is 7.03. The van der Waals surface area contributed by atoms with Gasteiger partial charge in [-0.3, -0.25) is 4.52 Å². The van der Waals surface area contributed by atoms with Gasteiger partial charge in [-0.2, -0.15) is 0 Å². The number of halogens is 1. The molecule has 6 heteroatoms. The summed E-state index contributed by atoms with van der Waals surface area (Å²) in [5, 5.41) is 0. The monoisotopic (exact) mass is 200 g/mol. The molecule has 74 valence electrons. The fraction of sp³-hybridized carbons (Fsp3) is 1.00. The first-order valence-electron chi connectivity index (χ1n) is 3.90. The Morgan fingerprint density at radius 1 is 1.42 bits per heavy atom. The lowest BCUT2D eigenvalue weighted by Crippen LogP contribution is -1.92. The highest BCUT2D eigenvalue weighted by molar-refractivity contribution is 7.47. The van der Waals surface area contributed by atoms with Crippen LogP contribution in [-0.2, 0) is 13.8 Å². The fourth-order valence-electron chi connectivity index (χ4n) is 0.729. The molecule has 0 spiro atoms. The lowest BCUT2D eigenvalue weighted by Gasteiger charge is -2.05. The lowest BCUT2D eigenvalue weighted by molar-refractivity contribution is -0.0480. The Morgan fingerprint density at radius 3 is 2.58 bits per heavy atom. The summed E-state index contributed by atoms with van der Waals surface area (Å²) in [6.45, 7) is 2.10. The van der Waals surface area contributed by atoms with Crippen molar-refractivity contribution in [2.24, 2.45) is 0 Å². The number of hydrogen-bond acceptors (Lipinski definition) is 3. The van der Waals surface area contributed by atoms with E-state index in [0.717, 1.165) is 19.3 Å². The third-order valence-electron chi connectivity index (χ3n) is 1.34. The zero-order valence-corrected chi connectivity index (χ0v) is 7.93. The lowest BCUT2D eigenvalue weighted by atomic mass is 10.2. The van der Waals surface area contributed by atoms with Gasteiger partial charge < -0.3 is 4.89 Å². The van der Waals surface area contributed by atoms with E-state index in [0.29, 0.717) is 6.42 Å². The molecule has 0 amide bonds. The van der Waals surface area contributed by atoms with Gasteiger partial charge in [0, 0.05) is 0 Å². The van der Waals surface area contributed by atoms with Gasteiger partial charge in [0.1, 0.15) is 0 Å². The molecule has 0 aromatic heterocycles. The number of hydrogen-bond donors (Lipinski definition) is 1. The summed E-state index contributed by atoms with van der Waals surface area (Å²) in [7, 11) is -4.39. The van der Waals surface area contributed by atoms with Crippen molar-refractivity contribution in [3.63, 3.8) is 0 Å². The minimum absolute atomic E-state index is 0.0533. The summed E-state index contributed by atoms with van der Waals surface area (Å²) in [5.74, 6) is 0. The van der Waals surface area contributed by atoms with E-state index in [4.69, 9.17) is 4.89 Å². The Morgan fingerprint density at radius 2 is 2.08 bits per heavy atom. The third kappa shape index (κ3) is 6.73. The maximum atomic E-state index is 11.2. The van der Waals surface area contributed by atoms with Crippen LogP contribution in [0.1, 0.15) is 32.6 Å². The van der Waals surface area contributed by atoms with Gasteiger partial charge in [-0.25, -0.2) is 4.57 Å². The van der Waals surface area contributed by atoms with Gasteiger partial charge in [0.25, 0.3) is 0 Å². The quantitative estimate of drug-likeness (QED) is 0.506. The molecule has 0 aromatic carbocycles. The van der Waals surface area contributed by atoms with E-state index in [1.54, 1.807) is 0 Å². The van der Waals surface area contributed by atoms with Crippen molar-refractivity contribution < 1.29 is 23.2 Å². The van der Waals surface area contributed by atoms with Crippen LogP contribution >= 0.6 is 7.82 Å². The van der Waals surface area contributed by atoms with Crippen molar-refractivity contribution in [3.8, 4) is 0 Å². The SMILES string of the molecule is CCCCCCOP(=O)(O)OF. The number of unbranched alkanes of at least 4 members (excludes halogenated alkanes) is 3. The van der Waals surface area contributed by atoms with Crippen molar-refractivity contribution >= 4 is 7.82 Å². The molecule has 4 nitrogen and oxygen atoms in total. The highest BCUT2D eigenvalue weighted by Crippen LogP contribution is 2.43. The van der Waals surface area contributed by atoms with Gasteiger partial charge in [0.2, 0.25) is 0 Å². The Hall–Kier alpha value is 0.0400. The van der Waals surface area contributed by atoms with Crippen LogP contribution in [0.5, 0.6) is 0 Å². The first-order valence-corrected chi connectivity index (χ1v) is 5.39. The highest BCUT2D eigenvalue weighted by Gasteiger charge is 2.20. The van der Waals surface area contributed by atoms with Crippen molar-refractivity contribution in [2.75, 3.05) is 6.61 Å². The molecule has 0 radical (unpaired) electrons. The molecular weight excluding hydrogens is 186 g/mol. The summed E-state index contributed by atoms with van der Waals surface area (Å²) in [6.07, 6.45) is 3.65. The first-order chi connectivity index (χ1) is 5.62. The topological polar surface area (TPSA) is 55.8 Å². The van der Waals surface area contributed by atoms with Crippen LogP contribution in [0.25, 0.3) is 0 Å². The molecule has 0 aromatic rings. The first kappa shape index (κ1) is 12.0. The van der Waals surface area contributed by atoms with Gasteiger partial charge >= 0.3 is 7.82 Å². The smallest absolute Gasteiger partial charge is 0.301 e. The van der Waals surface area contributed by atoms with E-state index in [1.165, 1.54) is 0 Å². The maximum Gasteiger partial charge on any atom is 0.503 e. The largest absolute Gasteiger partial charge is 0.503 e. The normalized spacial score (nSPS) is 15.9. The fourth-order valence-corrected chi connectivity index (χ4v) is 1.13. The van der Waals surface area contributed by atoms with Crippen LogP contribution in [0.2, 0.25) is 0 Å². The second-order valence-corrected chi connectivity index (χ2v) is 3.76. The van der Waals surface area contributed by atoms with Crippen molar-refractivity contribution in [1.29, 1.82) is 0 Å². The van der Waals surface area contributed by atoms with Gasteiger partial charge in [0.05, 0.1) is 6.61 Å². The summed E-state index contributed by atoms with van der Waals surface area (Å²) in [4.78, 5) is 8.42. The molecule has 0 saturated carbocycles. The molecule has 0 aliphatic carbocycles. The van der Waals surface area contributed by atoms with Gasteiger partial charge in [-0.05, 0) is 10.9 Å². The van der Waals surface area contributed by atoms with Crippen LogP contribution in [-0.4, -0.2) is 11.5 Å². The van der Waals surface area contributed by atoms with Gasteiger partial charge in [-0.15, -0.1) is 0 Å². The molecule has 0 aliphatic rings. The summed E-state index contributed by atoms with van der Waals surface area (Å²) >= 11 is 0. The van der Waals surface area contributed by atoms with E-state index < -0.39 is 7.82 Å². The molecule has 12 heavy (non-hydrogen) atoms. The summed E-state index contributed by atoms with van der Waals surface area (Å²) < 4.78 is 28.5. The van der Waals surface area contributed by atoms with E-state index in [1.807, 2.05) is 6.92 Å². The number of phosphoric ester groups is 1. The molecule has 1 atom stereocenters. The van der Waals surface area contributed by atoms with Crippen LogP contribution < -0.4 is 0 Å². The molecule has 0 heterocycles. The van der Waals surface area contributed by atoms with Crippen LogP contribution in [0.15, 0.2) is 0 Å². The minimum Gasteiger partial charge on any atom is -0.301 e. The van der Waals surface area contributed by atoms with Crippen molar-refractivity contribution in [1.82, 2.24) is 0 Å². The molecule has 0 bridgehead atoms. The Kier molecular flexibility index (Phi) is 6.57. The molecule has 0 saturated heterocycles. The van der Waals surface area contributed by atoms with Gasteiger partial charge in [0.15, 0.2) is 0 Å². The summed E-state index contributed by atoms with van der Waals surface area (Å²) in [6, 6.07) is 0. The van der Waals surface area contributed by atoms with E-state index >= 15 is 0 Å². The van der Waals surface area contributed by atoms with E-state index in [-0.39, 0.29) is 6.61 Å². The summed E-state index contributed by atoms with van der Waals surface area (Å²) in [5.41, 5.74) is 0. The molecule has 0 aliphatic heterocycles. The number of phosphoric acid groups is 1. The van der Waals surface area contributed by atoms with E-state index in [2.05, 4.69) is 9.25 Å². The minimum atomic E-state index is -4.39. The predicted octanol–water partition coefficient (Wildman–Crippen LogP) is 2.58. The zero-order chi connectivity index (χ0) is 9.45. The molecule has 0 fully saturated rings. The van der Waals surface area contributed by atoms with Crippen LogP contribution in [0, 0.1) is 0 Å². The average molecular weight is 200 g/mol. The standard InChI is InChI=1S/C6H14FO4P/c1-2-3-4-5-6-10-12(8,9)11-7/h2-6H2,1H3,(H,8,9). The molecule has 1 unspecified atom stereocenters. The molecular formula is C6H14FO4P. The van der Waals surface area contributed by atoms with Crippen molar-refractivity contribution in [3.05, 3.63) is 0 Å². The predicted molar refractivity (Wildman–Crippen MR) is 42.1 cm³/mol. The van der Waals surface area contributed by atoms with Gasteiger partial charge in [-0.1, -0.05) is 30.9 Å². The second kappa shape index (κ2) is 6.54. The Labute approximate surface area is 71.2 Å². The molecule has 0 rings (SSSR count). The average Bonchev–Trinajstić information content (AvgIpc) is 2.04. The number of rotatable bonds is 7. The van der Waals surface area contributed by atoms with E-state index in [9.17, 15) is 9.09 Å². The third-order valence-corrected chi connectivity index (χ3v) is 2.02. The van der Waals surface area contributed by atoms with Crippen LogP contribution in [0.3, 0.4) is 0 Å². The maximum absolute atomic E-state index is 11.2. The Bertz CT molecular complexity index is 152. The Balaban J connectivity index is 3.25. The van der Waals surface area contributed by atoms with Crippen molar-refractivity contribution in [2.45, 2.75) is 32.6 Å². The second-order valence-electron chi connectivity index (χ2n) is 2.43.